The Kier molecular flexibility index (Phi) is 4.13. The molecular formula is C8H10BrClN2O3S2. The molecule has 0 bridgehead atoms. The third-order valence-corrected chi connectivity index (χ3v) is 7.15. The zero-order valence-electron chi connectivity index (χ0n) is 8.60. The van der Waals surface area contributed by atoms with Crippen molar-refractivity contribution in [3.63, 3.8) is 0 Å². The van der Waals surface area contributed by atoms with Gasteiger partial charge in [0.25, 0.3) is 10.0 Å². The molecule has 9 heteroatoms. The van der Waals surface area contributed by atoms with Crippen LogP contribution in [0.3, 0.4) is 0 Å². The summed E-state index contributed by atoms with van der Waals surface area (Å²) in [5, 5.41) is 0.385. The molecule has 0 radical (unpaired) electrons. The molecule has 0 saturated carbocycles. The van der Waals surface area contributed by atoms with Gasteiger partial charge < -0.3 is 10.5 Å². The largest absolute Gasteiger partial charge is 0.377 e. The van der Waals surface area contributed by atoms with Crippen molar-refractivity contribution in [2.24, 2.45) is 5.73 Å². The lowest BCUT2D eigenvalue weighted by molar-refractivity contribution is 0.0351. The van der Waals surface area contributed by atoms with Gasteiger partial charge in [0.1, 0.15) is 4.21 Å². The SMILES string of the molecule is NC1COCCN1S(=O)(=O)c1cc(Cl)c(Br)s1. The van der Waals surface area contributed by atoms with Gasteiger partial charge in [-0.25, -0.2) is 8.42 Å². The van der Waals surface area contributed by atoms with E-state index in [-0.39, 0.29) is 17.4 Å². The monoisotopic (exact) mass is 360 g/mol. The molecule has 1 aliphatic heterocycles. The molecule has 1 atom stereocenters. The van der Waals surface area contributed by atoms with E-state index >= 15 is 0 Å². The smallest absolute Gasteiger partial charge is 0.254 e. The molecule has 1 aromatic rings. The molecule has 1 saturated heterocycles. The number of morpholine rings is 1. The Balaban J connectivity index is 2.35. The number of ether oxygens (including phenoxy) is 1. The van der Waals surface area contributed by atoms with E-state index in [1.54, 1.807) is 0 Å². The first kappa shape index (κ1) is 13.7. The van der Waals surface area contributed by atoms with Crippen molar-refractivity contribution in [1.29, 1.82) is 0 Å². The number of thiophene rings is 1. The van der Waals surface area contributed by atoms with E-state index in [1.807, 2.05) is 0 Å². The summed E-state index contributed by atoms with van der Waals surface area (Å²) in [6.45, 7) is 0.823. The van der Waals surface area contributed by atoms with Crippen molar-refractivity contribution in [1.82, 2.24) is 4.31 Å². The molecule has 0 spiro atoms. The lowest BCUT2D eigenvalue weighted by Gasteiger charge is -2.31. The van der Waals surface area contributed by atoms with Crippen molar-refractivity contribution >= 4 is 48.9 Å². The molecule has 17 heavy (non-hydrogen) atoms. The molecule has 1 aliphatic rings. The molecular weight excluding hydrogens is 352 g/mol. The highest BCUT2D eigenvalue weighted by molar-refractivity contribution is 9.11. The van der Waals surface area contributed by atoms with Crippen LogP contribution >= 0.6 is 38.9 Å². The summed E-state index contributed by atoms with van der Waals surface area (Å²) in [7, 11) is -3.58. The van der Waals surface area contributed by atoms with E-state index in [4.69, 9.17) is 22.1 Å². The first-order valence-corrected chi connectivity index (χ1v) is 8.15. The van der Waals surface area contributed by atoms with Crippen LogP contribution in [0.25, 0.3) is 0 Å². The van der Waals surface area contributed by atoms with Gasteiger partial charge in [-0.15, -0.1) is 11.3 Å². The minimum Gasteiger partial charge on any atom is -0.377 e. The molecule has 2 heterocycles. The highest BCUT2D eigenvalue weighted by atomic mass is 79.9. The van der Waals surface area contributed by atoms with Crippen LogP contribution in [0.1, 0.15) is 0 Å². The Hall–Kier alpha value is 0.300. The van der Waals surface area contributed by atoms with Gasteiger partial charge in [-0.2, -0.15) is 4.31 Å². The third kappa shape index (κ3) is 2.67. The summed E-state index contributed by atoms with van der Waals surface area (Å²) in [5.41, 5.74) is 5.73. The van der Waals surface area contributed by atoms with Crippen LogP contribution in [0.4, 0.5) is 0 Å². The molecule has 1 unspecified atom stereocenters. The highest BCUT2D eigenvalue weighted by Crippen LogP contribution is 2.36. The zero-order chi connectivity index (χ0) is 12.6. The average molecular weight is 362 g/mol. The van der Waals surface area contributed by atoms with Crippen molar-refractivity contribution < 1.29 is 13.2 Å². The van der Waals surface area contributed by atoms with Crippen LogP contribution in [-0.2, 0) is 14.8 Å². The normalized spacial score (nSPS) is 22.9. The molecule has 0 amide bonds. The standard InChI is InChI=1S/C8H10BrClN2O3S2/c9-8-5(10)3-7(16-8)17(13,14)12-1-2-15-4-6(12)11/h3,6H,1-2,4,11H2. The fourth-order valence-corrected chi connectivity index (χ4v) is 5.49. The van der Waals surface area contributed by atoms with E-state index in [2.05, 4.69) is 15.9 Å². The summed E-state index contributed by atoms with van der Waals surface area (Å²) in [4.78, 5) is 0. The molecule has 1 aromatic heterocycles. The lowest BCUT2D eigenvalue weighted by atomic mass is 10.4. The molecule has 5 nitrogen and oxygen atoms in total. The van der Waals surface area contributed by atoms with Gasteiger partial charge in [0, 0.05) is 6.54 Å². The fraction of sp³-hybridized carbons (Fsp3) is 0.500. The van der Waals surface area contributed by atoms with Gasteiger partial charge in [-0.05, 0) is 22.0 Å². The van der Waals surface area contributed by atoms with E-state index in [0.717, 1.165) is 11.3 Å². The van der Waals surface area contributed by atoms with Crippen molar-refractivity contribution in [3.05, 3.63) is 14.9 Å². The van der Waals surface area contributed by atoms with Crippen LogP contribution in [0.5, 0.6) is 0 Å². The summed E-state index contributed by atoms with van der Waals surface area (Å²) < 4.78 is 31.7. The van der Waals surface area contributed by atoms with Gasteiger partial charge in [0.15, 0.2) is 0 Å². The van der Waals surface area contributed by atoms with Crippen LogP contribution < -0.4 is 5.73 Å². The van der Waals surface area contributed by atoms with Crippen LogP contribution in [0.2, 0.25) is 5.02 Å². The second-order valence-electron chi connectivity index (χ2n) is 3.45. The van der Waals surface area contributed by atoms with Crippen molar-refractivity contribution in [2.45, 2.75) is 10.4 Å². The number of hydrogen-bond acceptors (Lipinski definition) is 5. The summed E-state index contributed by atoms with van der Waals surface area (Å²) in [6, 6.07) is 1.42. The van der Waals surface area contributed by atoms with E-state index < -0.39 is 16.2 Å². The Bertz CT molecular complexity index is 499. The van der Waals surface area contributed by atoms with Crippen molar-refractivity contribution in [3.8, 4) is 0 Å². The maximum atomic E-state index is 12.3. The number of hydrogen-bond donors (Lipinski definition) is 1. The van der Waals surface area contributed by atoms with Crippen molar-refractivity contribution in [2.75, 3.05) is 19.8 Å². The van der Waals surface area contributed by atoms with Gasteiger partial charge in [0.05, 0.1) is 28.2 Å². The predicted octanol–water partition coefficient (Wildman–Crippen LogP) is 1.47. The Morgan fingerprint density at radius 3 is 2.88 bits per heavy atom. The van der Waals surface area contributed by atoms with Gasteiger partial charge in [-0.1, -0.05) is 11.6 Å². The van der Waals surface area contributed by atoms with Crippen LogP contribution in [-0.4, -0.2) is 38.6 Å². The maximum Gasteiger partial charge on any atom is 0.254 e. The molecule has 1 fully saturated rings. The summed E-state index contributed by atoms with van der Waals surface area (Å²) in [6.07, 6.45) is -0.645. The molecule has 96 valence electrons. The maximum absolute atomic E-state index is 12.3. The fourth-order valence-electron chi connectivity index (χ4n) is 1.48. The van der Waals surface area contributed by atoms with Gasteiger partial charge in [-0.3, -0.25) is 0 Å². The lowest BCUT2D eigenvalue weighted by Crippen LogP contribution is -2.53. The number of nitrogens with zero attached hydrogens (tertiary/aromatic N) is 1. The molecule has 2 rings (SSSR count). The Morgan fingerprint density at radius 2 is 2.35 bits per heavy atom. The van der Waals surface area contributed by atoms with Crippen LogP contribution in [0, 0.1) is 0 Å². The Labute approximate surface area is 117 Å². The molecule has 0 aromatic carbocycles. The number of rotatable bonds is 2. The minimum atomic E-state index is -3.58. The first-order chi connectivity index (χ1) is 7.93. The second kappa shape index (κ2) is 5.12. The van der Waals surface area contributed by atoms with Crippen LogP contribution in [0.15, 0.2) is 14.1 Å². The molecule has 2 N–H and O–H groups in total. The van der Waals surface area contributed by atoms with E-state index in [9.17, 15) is 8.42 Å². The van der Waals surface area contributed by atoms with Gasteiger partial charge in [0.2, 0.25) is 0 Å². The topological polar surface area (TPSA) is 72.6 Å². The van der Waals surface area contributed by atoms with E-state index in [1.165, 1.54) is 10.4 Å². The number of nitrogens with two attached hydrogens (primary N) is 1. The number of halogens is 2. The molecule has 0 aliphatic carbocycles. The quantitative estimate of drug-likeness (QED) is 0.866. The van der Waals surface area contributed by atoms with Gasteiger partial charge >= 0.3 is 0 Å². The first-order valence-electron chi connectivity index (χ1n) is 4.73. The minimum absolute atomic E-state index is 0.187. The third-order valence-electron chi connectivity index (χ3n) is 2.30. The zero-order valence-corrected chi connectivity index (χ0v) is 12.6. The average Bonchev–Trinajstić information content (AvgIpc) is 2.60. The summed E-state index contributed by atoms with van der Waals surface area (Å²) >= 11 is 10.1. The number of sulfonamides is 1. The highest BCUT2D eigenvalue weighted by Gasteiger charge is 2.33. The second-order valence-corrected chi connectivity index (χ2v) is 8.34. The Morgan fingerprint density at radius 1 is 1.65 bits per heavy atom. The predicted molar refractivity (Wildman–Crippen MR) is 69.7 cm³/mol. The van der Waals surface area contributed by atoms with E-state index in [0.29, 0.717) is 15.4 Å². The summed E-state index contributed by atoms with van der Waals surface area (Å²) in [5.74, 6) is 0.